The Kier molecular flexibility index (Phi) is 5.29. The monoisotopic (exact) mass is 389 g/mol. The van der Waals surface area contributed by atoms with Gasteiger partial charge in [0.1, 0.15) is 11.5 Å². The Bertz CT molecular complexity index is 703. The van der Waals surface area contributed by atoms with Crippen LogP contribution in [0.5, 0.6) is 0 Å². The van der Waals surface area contributed by atoms with Gasteiger partial charge in [-0.3, -0.25) is 4.79 Å². The fourth-order valence-electron chi connectivity index (χ4n) is 5.60. The van der Waals surface area contributed by atoms with Crippen molar-refractivity contribution < 1.29 is 13.9 Å². The van der Waals surface area contributed by atoms with Crippen molar-refractivity contribution in [2.24, 2.45) is 5.92 Å². The number of carbonyl (C=O) groups excluding carboxylic acids is 1. The highest BCUT2D eigenvalue weighted by Gasteiger charge is 2.39. The van der Waals surface area contributed by atoms with E-state index in [0.29, 0.717) is 24.8 Å². The van der Waals surface area contributed by atoms with Gasteiger partial charge in [-0.05, 0) is 59.3 Å². The quantitative estimate of drug-likeness (QED) is 0.858. The second kappa shape index (κ2) is 7.45. The number of ether oxygens (including phenoxy) is 1. The summed E-state index contributed by atoms with van der Waals surface area (Å²) >= 11 is 0. The van der Waals surface area contributed by atoms with Crippen LogP contribution in [0.4, 0.5) is 0 Å². The van der Waals surface area contributed by atoms with Crippen molar-refractivity contribution in [2.75, 3.05) is 19.8 Å². The van der Waals surface area contributed by atoms with Crippen LogP contribution in [0.2, 0.25) is 0 Å². The molecule has 4 rings (SSSR count). The lowest BCUT2D eigenvalue weighted by atomic mass is 9.74. The van der Waals surface area contributed by atoms with Gasteiger partial charge in [-0.25, -0.2) is 4.98 Å². The topological polar surface area (TPSA) is 67.6 Å². The second-order valence-corrected chi connectivity index (χ2v) is 10.2. The average molecular weight is 390 g/mol. The molecule has 4 heterocycles. The summed E-state index contributed by atoms with van der Waals surface area (Å²) in [7, 11) is 0. The molecule has 0 spiro atoms. The van der Waals surface area contributed by atoms with Crippen LogP contribution in [0.25, 0.3) is 0 Å². The van der Waals surface area contributed by atoms with Crippen molar-refractivity contribution in [2.45, 2.75) is 89.8 Å². The van der Waals surface area contributed by atoms with Gasteiger partial charge in [-0.15, -0.1) is 0 Å². The molecule has 1 amide bonds. The van der Waals surface area contributed by atoms with E-state index in [0.717, 1.165) is 69.2 Å². The van der Waals surface area contributed by atoms with Gasteiger partial charge in [0.2, 0.25) is 5.91 Å². The predicted molar refractivity (Wildman–Crippen MR) is 107 cm³/mol. The maximum Gasteiger partial charge on any atom is 0.223 e. The van der Waals surface area contributed by atoms with Crippen LogP contribution in [-0.4, -0.2) is 46.6 Å². The number of nitrogens with one attached hydrogen (secondary N) is 1. The first-order chi connectivity index (χ1) is 13.2. The van der Waals surface area contributed by atoms with E-state index in [1.54, 1.807) is 0 Å². The van der Waals surface area contributed by atoms with Gasteiger partial charge in [0.25, 0.3) is 0 Å². The molecule has 0 aliphatic carbocycles. The third-order valence-corrected chi connectivity index (χ3v) is 6.41. The van der Waals surface area contributed by atoms with E-state index in [1.165, 1.54) is 0 Å². The third-order valence-electron chi connectivity index (χ3n) is 6.41. The molecule has 0 radical (unpaired) electrons. The summed E-state index contributed by atoms with van der Waals surface area (Å²) in [6.07, 6.45) is 5.44. The predicted octanol–water partition coefficient (Wildman–Crippen LogP) is 3.40. The zero-order chi connectivity index (χ0) is 19.9. The number of carbonyl (C=O) groups is 1. The molecule has 0 aromatic carbocycles. The number of aromatic nitrogens is 1. The Hall–Kier alpha value is -1.40. The molecule has 0 bridgehead atoms. The van der Waals surface area contributed by atoms with Gasteiger partial charge in [0.05, 0.1) is 6.54 Å². The minimum absolute atomic E-state index is 0.0759. The highest BCUT2D eigenvalue weighted by Crippen LogP contribution is 2.35. The van der Waals surface area contributed by atoms with Gasteiger partial charge in [0.15, 0.2) is 5.89 Å². The minimum atomic E-state index is 0.0759. The molecule has 0 unspecified atom stereocenters. The molecule has 28 heavy (non-hydrogen) atoms. The average Bonchev–Trinajstić information content (AvgIpc) is 3.03. The molecule has 6 heteroatoms. The number of amides is 1. The highest BCUT2D eigenvalue weighted by molar-refractivity contribution is 5.76. The lowest BCUT2D eigenvalue weighted by Crippen LogP contribution is -2.58. The molecule has 156 valence electrons. The standard InChI is InChI=1S/C22H35N3O3/c1-21(2)12-15(13-22(3,4)24-21)11-19(26)25-8-5-18-17(14-25)23-20(28-18)16-6-9-27-10-7-16/h15-16,24H,5-14H2,1-4H3. The second-order valence-electron chi connectivity index (χ2n) is 10.2. The Balaban J connectivity index is 1.38. The summed E-state index contributed by atoms with van der Waals surface area (Å²) in [5.41, 5.74) is 1.12. The molecule has 2 saturated heterocycles. The molecule has 1 N–H and O–H groups in total. The molecule has 3 aliphatic rings. The van der Waals surface area contributed by atoms with E-state index in [4.69, 9.17) is 14.1 Å². The maximum absolute atomic E-state index is 13.0. The summed E-state index contributed by atoms with van der Waals surface area (Å²) in [6.45, 7) is 11.9. The van der Waals surface area contributed by atoms with Crippen molar-refractivity contribution >= 4 is 5.91 Å². The minimum Gasteiger partial charge on any atom is -0.445 e. The van der Waals surface area contributed by atoms with E-state index in [1.807, 2.05) is 4.90 Å². The van der Waals surface area contributed by atoms with Crippen LogP contribution in [-0.2, 0) is 22.5 Å². The molecular weight excluding hydrogens is 354 g/mol. The van der Waals surface area contributed by atoms with E-state index in [-0.39, 0.29) is 17.0 Å². The number of fused-ring (bicyclic) bond motifs is 1. The van der Waals surface area contributed by atoms with Crippen LogP contribution in [0.3, 0.4) is 0 Å². The largest absolute Gasteiger partial charge is 0.445 e. The fraction of sp³-hybridized carbons (Fsp3) is 0.818. The molecule has 2 fully saturated rings. The van der Waals surface area contributed by atoms with Gasteiger partial charge < -0.3 is 19.4 Å². The Morgan fingerprint density at radius 1 is 1.18 bits per heavy atom. The molecule has 0 atom stereocenters. The number of nitrogens with zero attached hydrogens (tertiary/aromatic N) is 2. The maximum atomic E-state index is 13.0. The molecule has 0 saturated carbocycles. The van der Waals surface area contributed by atoms with Crippen molar-refractivity contribution in [1.29, 1.82) is 0 Å². The van der Waals surface area contributed by atoms with E-state index in [9.17, 15) is 4.79 Å². The zero-order valence-electron chi connectivity index (χ0n) is 17.8. The number of rotatable bonds is 3. The van der Waals surface area contributed by atoms with Gasteiger partial charge >= 0.3 is 0 Å². The Labute approximate surface area is 168 Å². The van der Waals surface area contributed by atoms with E-state index < -0.39 is 0 Å². The van der Waals surface area contributed by atoms with Crippen LogP contribution in [0.15, 0.2) is 4.42 Å². The molecular formula is C22H35N3O3. The van der Waals surface area contributed by atoms with E-state index in [2.05, 4.69) is 33.0 Å². The summed E-state index contributed by atoms with van der Waals surface area (Å²) < 4.78 is 11.5. The van der Waals surface area contributed by atoms with Gasteiger partial charge in [-0.1, -0.05) is 0 Å². The Morgan fingerprint density at radius 2 is 1.86 bits per heavy atom. The van der Waals surface area contributed by atoms with Crippen molar-refractivity contribution in [3.8, 4) is 0 Å². The molecule has 3 aliphatic heterocycles. The van der Waals surface area contributed by atoms with Crippen LogP contribution in [0, 0.1) is 5.92 Å². The zero-order valence-corrected chi connectivity index (χ0v) is 17.8. The number of oxazole rings is 1. The summed E-state index contributed by atoms with van der Waals surface area (Å²) in [5, 5.41) is 3.71. The molecule has 6 nitrogen and oxygen atoms in total. The van der Waals surface area contributed by atoms with Gasteiger partial charge in [0, 0.05) is 49.6 Å². The lowest BCUT2D eigenvalue weighted by Gasteiger charge is -2.46. The first-order valence-corrected chi connectivity index (χ1v) is 10.8. The lowest BCUT2D eigenvalue weighted by molar-refractivity contribution is -0.133. The van der Waals surface area contributed by atoms with E-state index >= 15 is 0 Å². The number of hydrogen-bond donors (Lipinski definition) is 1. The fourth-order valence-corrected chi connectivity index (χ4v) is 5.60. The molecule has 1 aromatic rings. The summed E-state index contributed by atoms with van der Waals surface area (Å²) in [4.78, 5) is 19.8. The normalized spacial score (nSPS) is 25.5. The first-order valence-electron chi connectivity index (χ1n) is 10.8. The number of piperidine rings is 1. The Morgan fingerprint density at radius 3 is 2.54 bits per heavy atom. The summed E-state index contributed by atoms with van der Waals surface area (Å²) in [5.74, 6) is 2.89. The smallest absolute Gasteiger partial charge is 0.223 e. The molecule has 1 aromatic heterocycles. The van der Waals surface area contributed by atoms with Crippen molar-refractivity contribution in [1.82, 2.24) is 15.2 Å². The van der Waals surface area contributed by atoms with Crippen molar-refractivity contribution in [3.05, 3.63) is 17.3 Å². The first kappa shape index (κ1) is 19.9. The summed E-state index contributed by atoms with van der Waals surface area (Å²) in [6, 6.07) is 0. The van der Waals surface area contributed by atoms with Crippen molar-refractivity contribution in [3.63, 3.8) is 0 Å². The van der Waals surface area contributed by atoms with Crippen LogP contribution >= 0.6 is 0 Å². The van der Waals surface area contributed by atoms with Crippen LogP contribution < -0.4 is 5.32 Å². The highest BCUT2D eigenvalue weighted by atomic mass is 16.5. The number of hydrogen-bond acceptors (Lipinski definition) is 5. The van der Waals surface area contributed by atoms with Crippen LogP contribution in [0.1, 0.15) is 83.1 Å². The van der Waals surface area contributed by atoms with Gasteiger partial charge in [-0.2, -0.15) is 0 Å². The SMILES string of the molecule is CC1(C)CC(CC(=O)N2CCc3oc(C4CCOCC4)nc3C2)CC(C)(C)N1. The third kappa shape index (κ3) is 4.43.